The van der Waals surface area contributed by atoms with Crippen molar-refractivity contribution in [3.8, 4) is 5.75 Å². The molecule has 2 heterocycles. The number of ether oxygens (including phenoxy) is 1. The molecule has 1 aliphatic carbocycles. The third kappa shape index (κ3) is 6.10. The Morgan fingerprint density at radius 3 is 2.43 bits per heavy atom. The van der Waals surface area contributed by atoms with Gasteiger partial charge >= 0.3 is 0 Å². The van der Waals surface area contributed by atoms with Gasteiger partial charge in [-0.1, -0.05) is 30.7 Å². The molecular weight excluding hydrogens is 555 g/mol. The van der Waals surface area contributed by atoms with Crippen LogP contribution in [0, 0.1) is 11.7 Å². The van der Waals surface area contributed by atoms with Crippen LogP contribution in [0.3, 0.4) is 0 Å². The van der Waals surface area contributed by atoms with Gasteiger partial charge in [-0.3, -0.25) is 19.4 Å². The number of nitrogens with zero attached hydrogens (tertiary/aromatic N) is 3. The van der Waals surface area contributed by atoms with Gasteiger partial charge in [-0.2, -0.15) is 0 Å². The third-order valence-corrected chi connectivity index (χ3v) is 9.50. The van der Waals surface area contributed by atoms with Crippen LogP contribution < -0.4 is 9.46 Å². The average molecular weight is 589 g/mol. The van der Waals surface area contributed by atoms with E-state index in [1.165, 1.54) is 31.4 Å². The topological polar surface area (TPSA) is 91.8 Å². The molecule has 1 amide bonds. The maximum atomic E-state index is 14.7. The smallest absolute Gasteiger partial charge is 0.264 e. The predicted octanol–water partition coefficient (Wildman–Crippen LogP) is 5.31. The van der Waals surface area contributed by atoms with Crippen molar-refractivity contribution in [2.45, 2.75) is 30.7 Å². The number of nitrogens with one attached hydrogen (secondary N) is 1. The second-order valence-electron chi connectivity index (χ2n) is 10.9. The number of halogens is 1. The van der Waals surface area contributed by atoms with Crippen LogP contribution in [0.5, 0.6) is 5.75 Å². The molecule has 1 aromatic heterocycles. The molecule has 2 aliphatic rings. The van der Waals surface area contributed by atoms with E-state index in [0.29, 0.717) is 73.3 Å². The number of piperazine rings is 1. The van der Waals surface area contributed by atoms with E-state index in [-0.39, 0.29) is 16.6 Å². The number of para-hydroxylation sites is 1. The number of aromatic nitrogens is 1. The summed E-state index contributed by atoms with van der Waals surface area (Å²) in [5, 5.41) is 0.730. The van der Waals surface area contributed by atoms with E-state index >= 15 is 0 Å². The van der Waals surface area contributed by atoms with Crippen molar-refractivity contribution in [2.75, 3.05) is 37.5 Å². The number of fused-ring (bicyclic) bond motifs is 1. The molecule has 0 radical (unpaired) electrons. The molecule has 0 unspecified atom stereocenters. The molecule has 0 spiro atoms. The maximum absolute atomic E-state index is 14.7. The summed E-state index contributed by atoms with van der Waals surface area (Å²) in [7, 11) is -3.89. The largest absolute Gasteiger partial charge is 0.493 e. The molecule has 1 saturated heterocycles. The van der Waals surface area contributed by atoms with E-state index < -0.39 is 10.0 Å². The SMILES string of the molecule is O=C(c1ccc(NS(=O)(=O)c2cccc3cccnc23)cc1)N1CCN(Cc2c(F)cccc2OCC2CCC2)CC1. The quantitative estimate of drug-likeness (QED) is 0.285. The second kappa shape index (κ2) is 12.1. The zero-order chi connectivity index (χ0) is 29.1. The zero-order valence-corrected chi connectivity index (χ0v) is 24.0. The number of hydrogen-bond donors (Lipinski definition) is 1. The fourth-order valence-corrected chi connectivity index (χ4v) is 6.63. The van der Waals surface area contributed by atoms with E-state index in [1.54, 1.807) is 53.6 Å². The maximum Gasteiger partial charge on any atom is 0.264 e. The van der Waals surface area contributed by atoms with Gasteiger partial charge in [-0.05, 0) is 67.3 Å². The van der Waals surface area contributed by atoms with Crippen LogP contribution in [0.15, 0.2) is 83.9 Å². The van der Waals surface area contributed by atoms with Gasteiger partial charge in [0.15, 0.2) is 0 Å². The van der Waals surface area contributed by atoms with E-state index in [0.717, 1.165) is 5.39 Å². The number of anilines is 1. The minimum absolute atomic E-state index is 0.0889. The Bertz CT molecular complexity index is 1680. The third-order valence-electron chi connectivity index (χ3n) is 8.09. The molecule has 1 N–H and O–H groups in total. The van der Waals surface area contributed by atoms with Gasteiger partial charge in [-0.15, -0.1) is 0 Å². The Balaban J connectivity index is 1.05. The van der Waals surface area contributed by atoms with Crippen LogP contribution in [0.2, 0.25) is 0 Å². The molecule has 8 nitrogen and oxygen atoms in total. The van der Waals surface area contributed by atoms with Crippen molar-refractivity contribution in [3.05, 3.63) is 95.9 Å². The van der Waals surface area contributed by atoms with Gasteiger partial charge in [-0.25, -0.2) is 12.8 Å². The van der Waals surface area contributed by atoms with Gasteiger partial charge in [0.25, 0.3) is 15.9 Å². The minimum atomic E-state index is -3.89. The lowest BCUT2D eigenvalue weighted by molar-refractivity contribution is 0.0625. The van der Waals surface area contributed by atoms with Gasteiger partial charge in [0.05, 0.1) is 12.1 Å². The molecule has 1 saturated carbocycles. The Morgan fingerprint density at radius 2 is 1.69 bits per heavy atom. The van der Waals surface area contributed by atoms with Crippen LogP contribution in [0.1, 0.15) is 35.2 Å². The van der Waals surface area contributed by atoms with E-state index in [9.17, 15) is 17.6 Å². The highest BCUT2D eigenvalue weighted by Crippen LogP contribution is 2.30. The van der Waals surface area contributed by atoms with Crippen molar-refractivity contribution in [3.63, 3.8) is 0 Å². The van der Waals surface area contributed by atoms with Gasteiger partial charge in [0.1, 0.15) is 16.5 Å². The van der Waals surface area contributed by atoms with E-state index in [2.05, 4.69) is 14.6 Å². The fraction of sp³-hybridized carbons (Fsp3) is 0.312. The lowest BCUT2D eigenvalue weighted by atomic mass is 9.86. The van der Waals surface area contributed by atoms with Crippen LogP contribution >= 0.6 is 0 Å². The Morgan fingerprint density at radius 1 is 0.952 bits per heavy atom. The Labute approximate surface area is 245 Å². The van der Waals surface area contributed by atoms with Gasteiger partial charge in [0.2, 0.25) is 0 Å². The molecule has 1 aliphatic heterocycles. The summed E-state index contributed by atoms with van der Waals surface area (Å²) in [6.07, 6.45) is 5.13. The van der Waals surface area contributed by atoms with Crippen molar-refractivity contribution in [1.29, 1.82) is 0 Å². The molecular formula is C32H33FN4O4S. The summed E-state index contributed by atoms with van der Waals surface area (Å²) in [6.45, 7) is 3.29. The Hall–Kier alpha value is -4.02. The fourth-order valence-electron chi connectivity index (χ4n) is 5.39. The summed E-state index contributed by atoms with van der Waals surface area (Å²) in [5.74, 6) is 0.768. The van der Waals surface area contributed by atoms with Gasteiger partial charge < -0.3 is 9.64 Å². The highest BCUT2D eigenvalue weighted by molar-refractivity contribution is 7.93. The first-order valence-electron chi connectivity index (χ1n) is 14.3. The molecule has 0 bridgehead atoms. The van der Waals surface area contributed by atoms with Crippen LogP contribution in [-0.2, 0) is 16.6 Å². The monoisotopic (exact) mass is 588 g/mol. The highest BCUT2D eigenvalue weighted by atomic mass is 32.2. The first-order chi connectivity index (χ1) is 20.4. The average Bonchev–Trinajstić information content (AvgIpc) is 2.98. The van der Waals surface area contributed by atoms with Crippen LogP contribution in [0.25, 0.3) is 10.9 Å². The highest BCUT2D eigenvalue weighted by Gasteiger charge is 2.25. The summed E-state index contributed by atoms with van der Waals surface area (Å²) < 4.78 is 49.5. The lowest BCUT2D eigenvalue weighted by Gasteiger charge is -2.35. The predicted molar refractivity (Wildman–Crippen MR) is 159 cm³/mol. The summed E-state index contributed by atoms with van der Waals surface area (Å²) in [4.78, 5) is 21.4. The minimum Gasteiger partial charge on any atom is -0.493 e. The van der Waals surface area contributed by atoms with Crippen LogP contribution in [-0.4, -0.2) is 61.9 Å². The number of benzene rings is 3. The van der Waals surface area contributed by atoms with Crippen molar-refractivity contribution < 1.29 is 22.3 Å². The normalized spacial score (nSPS) is 16.3. The number of rotatable bonds is 9. The number of pyridine rings is 1. The molecule has 218 valence electrons. The van der Waals surface area contributed by atoms with Crippen molar-refractivity contribution in [1.82, 2.24) is 14.8 Å². The molecule has 6 rings (SSSR count). The zero-order valence-electron chi connectivity index (χ0n) is 23.2. The summed E-state index contributed by atoms with van der Waals surface area (Å²) in [5.41, 5.74) is 1.78. The number of hydrogen-bond acceptors (Lipinski definition) is 6. The second-order valence-corrected chi connectivity index (χ2v) is 12.6. The van der Waals surface area contributed by atoms with E-state index in [1.807, 2.05) is 18.2 Å². The molecule has 42 heavy (non-hydrogen) atoms. The summed E-state index contributed by atoms with van der Waals surface area (Å²) >= 11 is 0. The van der Waals surface area contributed by atoms with Crippen LogP contribution in [0.4, 0.5) is 10.1 Å². The molecule has 2 fully saturated rings. The number of sulfonamides is 1. The lowest BCUT2D eigenvalue weighted by Crippen LogP contribution is -2.48. The van der Waals surface area contributed by atoms with Crippen molar-refractivity contribution >= 4 is 32.5 Å². The van der Waals surface area contributed by atoms with Gasteiger partial charge in [0, 0.05) is 61.1 Å². The molecule has 4 aromatic rings. The molecule has 3 aromatic carbocycles. The first-order valence-corrected chi connectivity index (χ1v) is 15.7. The molecule has 0 atom stereocenters. The molecule has 10 heteroatoms. The standard InChI is InChI=1S/C32H33FN4O4S/c33-28-9-3-10-29(41-22-23-5-1-6-23)27(28)21-36-17-19-37(20-18-36)32(38)25-12-14-26(15-13-25)35-42(39,40)30-11-2-7-24-8-4-16-34-31(24)30/h2-4,7-16,23,35H,1,5-6,17-22H2. The Kier molecular flexibility index (Phi) is 8.08. The number of carbonyl (C=O) groups excluding carboxylic acids is 1. The number of carbonyl (C=O) groups is 1. The first kappa shape index (κ1) is 28.1. The van der Waals surface area contributed by atoms with Crippen molar-refractivity contribution in [2.24, 2.45) is 5.92 Å². The van der Waals surface area contributed by atoms with E-state index in [4.69, 9.17) is 4.74 Å². The number of amides is 1. The summed E-state index contributed by atoms with van der Waals surface area (Å²) in [6, 6.07) is 20.0.